The van der Waals surface area contributed by atoms with Crippen LogP contribution in [0.2, 0.25) is 0 Å². The molecular formula is C15H17NO2. The summed E-state index contributed by atoms with van der Waals surface area (Å²) in [5.41, 5.74) is 0.424. The van der Waals surface area contributed by atoms with Gasteiger partial charge in [-0.2, -0.15) is 5.26 Å². The molecule has 2 saturated carbocycles. The van der Waals surface area contributed by atoms with Gasteiger partial charge in [0.2, 0.25) is 0 Å². The molecule has 3 rings (SSSR count). The summed E-state index contributed by atoms with van der Waals surface area (Å²) in [5, 5.41) is 20.4. The van der Waals surface area contributed by atoms with Crippen LogP contribution in [-0.4, -0.2) is 12.2 Å². The van der Waals surface area contributed by atoms with Gasteiger partial charge in [-0.05, 0) is 49.7 Å². The van der Waals surface area contributed by atoms with Crippen LogP contribution in [-0.2, 0) is 5.60 Å². The van der Waals surface area contributed by atoms with Crippen molar-refractivity contribution in [2.75, 3.05) is 7.11 Å². The van der Waals surface area contributed by atoms with Crippen molar-refractivity contribution in [3.05, 3.63) is 29.3 Å². The van der Waals surface area contributed by atoms with Gasteiger partial charge in [-0.15, -0.1) is 0 Å². The third-order valence-corrected chi connectivity index (χ3v) is 4.17. The van der Waals surface area contributed by atoms with Crippen LogP contribution in [0.15, 0.2) is 18.2 Å². The number of hydrogen-bond donors (Lipinski definition) is 1. The lowest BCUT2D eigenvalue weighted by molar-refractivity contribution is -0.0124. The average molecular weight is 243 g/mol. The summed E-state index contributed by atoms with van der Waals surface area (Å²) in [4.78, 5) is 0. The summed E-state index contributed by atoms with van der Waals surface area (Å²) < 4.78 is 5.38. The highest BCUT2D eigenvalue weighted by Gasteiger charge is 2.56. The Hall–Kier alpha value is -1.53. The molecule has 1 aromatic carbocycles. The first kappa shape index (κ1) is 11.6. The van der Waals surface area contributed by atoms with E-state index in [9.17, 15) is 10.4 Å². The van der Waals surface area contributed by atoms with Crippen LogP contribution in [0.3, 0.4) is 0 Å². The Labute approximate surface area is 107 Å². The molecule has 2 fully saturated rings. The van der Waals surface area contributed by atoms with Crippen molar-refractivity contribution in [2.45, 2.75) is 31.3 Å². The fraction of sp³-hybridized carbons (Fsp3) is 0.533. The van der Waals surface area contributed by atoms with Gasteiger partial charge in [-0.25, -0.2) is 0 Å². The van der Waals surface area contributed by atoms with Gasteiger partial charge in [-0.3, -0.25) is 0 Å². The summed E-state index contributed by atoms with van der Waals surface area (Å²) in [6.45, 7) is 0. The number of ether oxygens (including phenoxy) is 1. The van der Waals surface area contributed by atoms with Crippen LogP contribution in [0.25, 0.3) is 0 Å². The molecule has 3 nitrogen and oxygen atoms in total. The Kier molecular flexibility index (Phi) is 2.57. The van der Waals surface area contributed by atoms with E-state index in [1.807, 2.05) is 6.07 Å². The minimum atomic E-state index is -0.850. The molecule has 1 aromatic rings. The SMILES string of the molecule is COc1cccc(C#N)c1C(O)(C1CC1)C1CC1. The first-order valence-corrected chi connectivity index (χ1v) is 6.51. The summed E-state index contributed by atoms with van der Waals surface area (Å²) in [7, 11) is 1.60. The van der Waals surface area contributed by atoms with E-state index in [-0.39, 0.29) is 0 Å². The zero-order chi connectivity index (χ0) is 12.8. The zero-order valence-electron chi connectivity index (χ0n) is 10.5. The fourth-order valence-electron chi connectivity index (χ4n) is 3.00. The summed E-state index contributed by atoms with van der Waals surface area (Å²) in [6, 6.07) is 7.62. The normalized spacial score (nSPS) is 19.4. The third-order valence-electron chi connectivity index (χ3n) is 4.17. The molecule has 0 aromatic heterocycles. The molecule has 0 aliphatic heterocycles. The van der Waals surface area contributed by atoms with Crippen LogP contribution in [0.5, 0.6) is 5.75 Å². The zero-order valence-corrected chi connectivity index (χ0v) is 10.5. The average Bonchev–Trinajstić information content (AvgIpc) is 3.27. The summed E-state index contributed by atoms with van der Waals surface area (Å²) >= 11 is 0. The van der Waals surface area contributed by atoms with E-state index in [2.05, 4.69) is 6.07 Å². The molecule has 0 heterocycles. The molecule has 0 saturated heterocycles. The van der Waals surface area contributed by atoms with Crippen LogP contribution < -0.4 is 4.74 Å². The molecule has 0 spiro atoms. The number of methoxy groups -OCH3 is 1. The lowest BCUT2D eigenvalue weighted by atomic mass is 9.81. The molecule has 0 unspecified atom stereocenters. The molecule has 94 valence electrons. The van der Waals surface area contributed by atoms with Crippen LogP contribution >= 0.6 is 0 Å². The predicted molar refractivity (Wildman–Crippen MR) is 67.1 cm³/mol. The van der Waals surface area contributed by atoms with Crippen molar-refractivity contribution < 1.29 is 9.84 Å². The first-order chi connectivity index (χ1) is 8.71. The van der Waals surface area contributed by atoms with Gasteiger partial charge in [0.25, 0.3) is 0 Å². The van der Waals surface area contributed by atoms with Gasteiger partial charge in [0.15, 0.2) is 0 Å². The number of benzene rings is 1. The lowest BCUT2D eigenvalue weighted by Crippen LogP contribution is -2.32. The maximum atomic E-state index is 11.2. The Morgan fingerprint density at radius 1 is 1.28 bits per heavy atom. The topological polar surface area (TPSA) is 53.2 Å². The maximum absolute atomic E-state index is 11.2. The van der Waals surface area contributed by atoms with Crippen molar-refractivity contribution in [3.8, 4) is 11.8 Å². The summed E-state index contributed by atoms with van der Waals surface area (Å²) in [5.74, 6) is 1.25. The second-order valence-corrected chi connectivity index (χ2v) is 5.37. The van der Waals surface area contributed by atoms with Gasteiger partial charge in [0.1, 0.15) is 11.4 Å². The molecule has 0 atom stereocenters. The standard InChI is InChI=1S/C15H17NO2/c1-18-13-4-2-3-10(9-16)14(13)15(17,11-5-6-11)12-7-8-12/h2-4,11-12,17H,5-8H2,1H3. The molecular weight excluding hydrogens is 226 g/mol. The lowest BCUT2D eigenvalue weighted by Gasteiger charge is -2.31. The van der Waals surface area contributed by atoms with E-state index in [1.54, 1.807) is 19.2 Å². The number of hydrogen-bond acceptors (Lipinski definition) is 3. The van der Waals surface area contributed by atoms with E-state index in [0.29, 0.717) is 23.1 Å². The van der Waals surface area contributed by atoms with Crippen molar-refractivity contribution in [3.63, 3.8) is 0 Å². The van der Waals surface area contributed by atoms with Crippen molar-refractivity contribution in [1.29, 1.82) is 5.26 Å². The number of aliphatic hydroxyl groups is 1. The highest BCUT2D eigenvalue weighted by Crippen LogP contribution is 2.59. The number of rotatable bonds is 4. The first-order valence-electron chi connectivity index (χ1n) is 6.51. The Balaban J connectivity index is 2.16. The van der Waals surface area contributed by atoms with E-state index in [4.69, 9.17) is 4.74 Å². The van der Waals surface area contributed by atoms with Gasteiger partial charge >= 0.3 is 0 Å². The minimum Gasteiger partial charge on any atom is -0.496 e. The third kappa shape index (κ3) is 1.60. The molecule has 1 N–H and O–H groups in total. The van der Waals surface area contributed by atoms with Gasteiger partial charge in [0.05, 0.1) is 18.7 Å². The monoisotopic (exact) mass is 243 g/mol. The van der Waals surface area contributed by atoms with Crippen molar-refractivity contribution in [1.82, 2.24) is 0 Å². The van der Waals surface area contributed by atoms with E-state index in [1.165, 1.54) is 0 Å². The second-order valence-electron chi connectivity index (χ2n) is 5.37. The molecule has 18 heavy (non-hydrogen) atoms. The van der Waals surface area contributed by atoms with E-state index in [0.717, 1.165) is 31.2 Å². The molecule has 0 radical (unpaired) electrons. The molecule has 0 amide bonds. The van der Waals surface area contributed by atoms with Gasteiger partial charge < -0.3 is 9.84 Å². The largest absolute Gasteiger partial charge is 0.496 e. The smallest absolute Gasteiger partial charge is 0.126 e. The Morgan fingerprint density at radius 2 is 1.89 bits per heavy atom. The highest BCUT2D eigenvalue weighted by atomic mass is 16.5. The fourth-order valence-corrected chi connectivity index (χ4v) is 3.00. The van der Waals surface area contributed by atoms with Gasteiger partial charge in [-0.1, -0.05) is 6.07 Å². The minimum absolute atomic E-state index is 0.299. The quantitative estimate of drug-likeness (QED) is 0.884. The predicted octanol–water partition coefficient (Wildman–Crippen LogP) is 2.57. The Morgan fingerprint density at radius 3 is 2.33 bits per heavy atom. The van der Waals surface area contributed by atoms with E-state index >= 15 is 0 Å². The van der Waals surface area contributed by atoms with Crippen molar-refractivity contribution >= 4 is 0 Å². The molecule has 3 heteroatoms. The van der Waals surface area contributed by atoms with Crippen molar-refractivity contribution in [2.24, 2.45) is 11.8 Å². The Bertz CT molecular complexity index is 498. The van der Waals surface area contributed by atoms with Gasteiger partial charge in [0, 0.05) is 5.56 Å². The number of nitriles is 1. The van der Waals surface area contributed by atoms with Crippen LogP contribution in [0.1, 0.15) is 36.8 Å². The van der Waals surface area contributed by atoms with E-state index < -0.39 is 5.60 Å². The highest BCUT2D eigenvalue weighted by molar-refractivity contribution is 5.51. The van der Waals surface area contributed by atoms with Crippen LogP contribution in [0, 0.1) is 23.2 Å². The molecule has 2 aliphatic carbocycles. The number of nitrogens with zero attached hydrogens (tertiary/aromatic N) is 1. The molecule has 2 aliphatic rings. The molecule has 0 bridgehead atoms. The maximum Gasteiger partial charge on any atom is 0.126 e. The second kappa shape index (κ2) is 4.00. The summed E-state index contributed by atoms with van der Waals surface area (Å²) in [6.07, 6.45) is 4.21. The van der Waals surface area contributed by atoms with Crippen LogP contribution in [0.4, 0.5) is 0 Å².